The Kier molecular flexibility index (Phi) is 4.94. The maximum atomic E-state index is 12.7. The van der Waals surface area contributed by atoms with Crippen molar-refractivity contribution in [3.63, 3.8) is 0 Å². The molecule has 0 spiro atoms. The van der Waals surface area contributed by atoms with Gasteiger partial charge in [0.1, 0.15) is 0 Å². The number of aryl methyl sites for hydroxylation is 1. The minimum absolute atomic E-state index is 0.103. The maximum absolute atomic E-state index is 12.7. The summed E-state index contributed by atoms with van der Waals surface area (Å²) in [5.41, 5.74) is 9.22. The third-order valence-corrected chi connectivity index (χ3v) is 6.09. The Morgan fingerprint density at radius 2 is 1.90 bits per heavy atom. The number of fused-ring (bicyclic) bond motifs is 1. The van der Waals surface area contributed by atoms with Gasteiger partial charge in [0.25, 0.3) is 5.91 Å². The number of nitrogens with one attached hydrogen (secondary N) is 1. The molecule has 2 aromatic rings. The Morgan fingerprint density at radius 3 is 2.53 bits per heavy atom. The van der Waals surface area contributed by atoms with Crippen molar-refractivity contribution in [3.05, 3.63) is 40.7 Å². The lowest BCUT2D eigenvalue weighted by molar-refractivity contribution is 0.0438. The average molecular weight is 412 g/mol. The number of carbonyl (C=O) groups is 2. The largest absolute Gasteiger partial charge is 0.390 e. The SMILES string of the molecule is Cc1nn(-c2ccc(C(N)=O)c(NC3C[C@@H](O)[C@@H](O)C3)c2)c2c1C(=O)CC(C)(C)C2. The number of benzene rings is 1. The minimum atomic E-state index is -0.795. The number of aliphatic hydroxyl groups excluding tert-OH is 2. The number of rotatable bonds is 4. The summed E-state index contributed by atoms with van der Waals surface area (Å²) in [5.74, 6) is -0.468. The van der Waals surface area contributed by atoms with E-state index in [9.17, 15) is 19.8 Å². The monoisotopic (exact) mass is 412 g/mol. The number of hydrogen-bond donors (Lipinski definition) is 4. The molecule has 0 radical (unpaired) electrons. The summed E-state index contributed by atoms with van der Waals surface area (Å²) in [6.07, 6.45) is 0.377. The van der Waals surface area contributed by atoms with Gasteiger partial charge in [-0.05, 0) is 49.8 Å². The Bertz CT molecular complexity index is 1020. The number of anilines is 1. The van der Waals surface area contributed by atoms with Crippen molar-refractivity contribution in [1.29, 1.82) is 0 Å². The van der Waals surface area contributed by atoms with Gasteiger partial charge in [-0.3, -0.25) is 9.59 Å². The summed E-state index contributed by atoms with van der Waals surface area (Å²) >= 11 is 0. The van der Waals surface area contributed by atoms with E-state index in [0.29, 0.717) is 41.8 Å². The van der Waals surface area contributed by atoms with Crippen LogP contribution in [0.25, 0.3) is 5.69 Å². The van der Waals surface area contributed by atoms with E-state index in [1.807, 2.05) is 6.92 Å². The fourth-order valence-corrected chi connectivity index (χ4v) is 4.68. The first kappa shape index (κ1) is 20.6. The lowest BCUT2D eigenvalue weighted by Gasteiger charge is -2.29. The van der Waals surface area contributed by atoms with E-state index in [2.05, 4.69) is 24.3 Å². The van der Waals surface area contributed by atoms with Crippen LogP contribution in [0.4, 0.5) is 5.69 Å². The van der Waals surface area contributed by atoms with E-state index < -0.39 is 18.1 Å². The highest BCUT2D eigenvalue weighted by Gasteiger charge is 2.36. The fourth-order valence-electron chi connectivity index (χ4n) is 4.68. The number of ketones is 1. The van der Waals surface area contributed by atoms with Crippen LogP contribution in [-0.4, -0.2) is 49.9 Å². The fraction of sp³-hybridized carbons (Fsp3) is 0.500. The van der Waals surface area contributed by atoms with E-state index in [4.69, 9.17) is 5.73 Å². The van der Waals surface area contributed by atoms with Crippen molar-refractivity contribution in [1.82, 2.24) is 9.78 Å². The van der Waals surface area contributed by atoms with Gasteiger partial charge in [-0.1, -0.05) is 13.8 Å². The first-order chi connectivity index (χ1) is 14.1. The maximum Gasteiger partial charge on any atom is 0.250 e. The Balaban J connectivity index is 1.75. The normalized spacial score (nSPS) is 25.2. The van der Waals surface area contributed by atoms with Crippen LogP contribution in [-0.2, 0) is 6.42 Å². The summed E-state index contributed by atoms with van der Waals surface area (Å²) in [6, 6.07) is 5.01. The molecule has 4 rings (SSSR count). The molecule has 0 saturated heterocycles. The third kappa shape index (κ3) is 3.61. The van der Waals surface area contributed by atoms with Crippen molar-refractivity contribution in [2.75, 3.05) is 5.32 Å². The molecule has 3 atom stereocenters. The van der Waals surface area contributed by atoms with Gasteiger partial charge in [0, 0.05) is 18.2 Å². The number of hydrogen-bond acceptors (Lipinski definition) is 6. The van der Waals surface area contributed by atoms with Gasteiger partial charge in [0.05, 0.1) is 40.4 Å². The molecule has 1 aromatic carbocycles. The summed E-state index contributed by atoms with van der Waals surface area (Å²) in [7, 11) is 0. The number of primary amides is 1. The van der Waals surface area contributed by atoms with E-state index >= 15 is 0 Å². The van der Waals surface area contributed by atoms with Crippen LogP contribution in [0.15, 0.2) is 18.2 Å². The topological polar surface area (TPSA) is 130 Å². The second-order valence-corrected chi connectivity index (χ2v) is 9.30. The zero-order chi connectivity index (χ0) is 21.8. The Labute approximate surface area is 175 Å². The lowest BCUT2D eigenvalue weighted by atomic mass is 9.75. The number of Topliss-reactive ketones (excluding diaryl/α,β-unsaturated/α-hetero) is 1. The van der Waals surface area contributed by atoms with Gasteiger partial charge in [0.15, 0.2) is 5.78 Å². The molecule has 2 aliphatic rings. The average Bonchev–Trinajstić information content (AvgIpc) is 3.12. The Morgan fingerprint density at radius 1 is 1.23 bits per heavy atom. The first-order valence-electron chi connectivity index (χ1n) is 10.2. The van der Waals surface area contributed by atoms with Crippen LogP contribution >= 0.6 is 0 Å². The molecule has 160 valence electrons. The highest BCUT2D eigenvalue weighted by Crippen LogP contribution is 2.37. The minimum Gasteiger partial charge on any atom is -0.390 e. The molecule has 1 heterocycles. The smallest absolute Gasteiger partial charge is 0.250 e. The van der Waals surface area contributed by atoms with Crippen LogP contribution < -0.4 is 11.1 Å². The van der Waals surface area contributed by atoms with E-state index in [1.165, 1.54) is 0 Å². The van der Waals surface area contributed by atoms with Crippen LogP contribution in [0.5, 0.6) is 0 Å². The quantitative estimate of drug-likeness (QED) is 0.605. The molecule has 1 amide bonds. The van der Waals surface area contributed by atoms with E-state index in [1.54, 1.807) is 22.9 Å². The zero-order valence-electron chi connectivity index (χ0n) is 17.5. The molecule has 1 unspecified atom stereocenters. The highest BCUT2D eigenvalue weighted by atomic mass is 16.3. The summed E-state index contributed by atoms with van der Waals surface area (Å²) in [5, 5.41) is 27.5. The predicted octanol–water partition coefficient (Wildman–Crippen LogP) is 1.73. The van der Waals surface area contributed by atoms with E-state index in [-0.39, 0.29) is 17.2 Å². The van der Waals surface area contributed by atoms with Gasteiger partial charge in [-0.15, -0.1) is 0 Å². The van der Waals surface area contributed by atoms with Crippen molar-refractivity contribution in [2.45, 2.75) is 64.7 Å². The predicted molar refractivity (Wildman–Crippen MR) is 112 cm³/mol. The van der Waals surface area contributed by atoms with Gasteiger partial charge in [-0.25, -0.2) is 4.68 Å². The molecular formula is C22H28N4O4. The number of aromatic nitrogens is 2. The molecule has 2 aliphatic carbocycles. The van der Waals surface area contributed by atoms with Crippen molar-refractivity contribution >= 4 is 17.4 Å². The number of carbonyl (C=O) groups excluding carboxylic acids is 2. The molecule has 1 fully saturated rings. The molecule has 0 bridgehead atoms. The van der Waals surface area contributed by atoms with Gasteiger partial charge in [-0.2, -0.15) is 5.10 Å². The molecule has 1 aromatic heterocycles. The number of aliphatic hydroxyl groups is 2. The van der Waals surface area contributed by atoms with Gasteiger partial charge in [0.2, 0.25) is 0 Å². The van der Waals surface area contributed by atoms with Crippen LogP contribution in [0, 0.1) is 12.3 Å². The van der Waals surface area contributed by atoms with Gasteiger partial charge >= 0.3 is 0 Å². The molecule has 8 nitrogen and oxygen atoms in total. The summed E-state index contributed by atoms with van der Waals surface area (Å²) in [6.45, 7) is 5.98. The molecular weight excluding hydrogens is 384 g/mol. The molecule has 8 heteroatoms. The van der Waals surface area contributed by atoms with Crippen LogP contribution in [0.2, 0.25) is 0 Å². The van der Waals surface area contributed by atoms with Crippen LogP contribution in [0.3, 0.4) is 0 Å². The second-order valence-electron chi connectivity index (χ2n) is 9.30. The van der Waals surface area contributed by atoms with Crippen molar-refractivity contribution in [2.24, 2.45) is 11.1 Å². The third-order valence-electron chi connectivity index (χ3n) is 6.09. The summed E-state index contributed by atoms with van der Waals surface area (Å²) in [4.78, 5) is 24.6. The molecule has 30 heavy (non-hydrogen) atoms. The lowest BCUT2D eigenvalue weighted by Crippen LogP contribution is -2.28. The van der Waals surface area contributed by atoms with Crippen molar-refractivity contribution in [3.8, 4) is 5.69 Å². The van der Waals surface area contributed by atoms with E-state index in [0.717, 1.165) is 17.8 Å². The first-order valence-corrected chi connectivity index (χ1v) is 10.2. The zero-order valence-corrected chi connectivity index (χ0v) is 17.5. The molecule has 0 aliphatic heterocycles. The second kappa shape index (κ2) is 7.21. The van der Waals surface area contributed by atoms with Gasteiger partial charge < -0.3 is 21.3 Å². The van der Waals surface area contributed by atoms with Crippen molar-refractivity contribution < 1.29 is 19.8 Å². The van der Waals surface area contributed by atoms with Crippen LogP contribution in [0.1, 0.15) is 65.2 Å². The summed E-state index contributed by atoms with van der Waals surface area (Å²) < 4.78 is 1.78. The number of nitrogens with two attached hydrogens (primary N) is 1. The number of amides is 1. The highest BCUT2D eigenvalue weighted by molar-refractivity contribution is 6.00. The number of nitrogens with zero attached hydrogens (tertiary/aromatic N) is 2. The Hall–Kier alpha value is -2.71. The standard InChI is InChI=1S/C22H28N4O4/c1-11-20-16(9-22(2,3)10-19(20)29)26(25-11)13-4-5-14(21(23)30)15(8-13)24-12-6-17(27)18(28)7-12/h4-5,8,12,17-18,24,27-28H,6-7,9-10H2,1-3H3,(H2,23,30)/t12?,17-,18+. The molecule has 5 N–H and O–H groups in total. The molecule has 1 saturated carbocycles.